The molecule has 2 heteroatoms. The van der Waals surface area contributed by atoms with Crippen LogP contribution in [0.4, 0.5) is 0 Å². The summed E-state index contributed by atoms with van der Waals surface area (Å²) in [5, 5.41) is 13.2. The molecule has 2 unspecified atom stereocenters. The quantitative estimate of drug-likeness (QED) is 0.739. The maximum absolute atomic E-state index is 9.68. The van der Waals surface area contributed by atoms with Crippen molar-refractivity contribution in [2.45, 2.75) is 38.2 Å². The Hall–Kier alpha value is -0.860. The highest BCUT2D eigenvalue weighted by atomic mass is 16.3. The van der Waals surface area contributed by atoms with E-state index >= 15 is 0 Å². The molecule has 2 nitrogen and oxygen atoms in total. The van der Waals surface area contributed by atoms with Crippen LogP contribution in [0.2, 0.25) is 0 Å². The van der Waals surface area contributed by atoms with Crippen molar-refractivity contribution < 1.29 is 5.11 Å². The van der Waals surface area contributed by atoms with Gasteiger partial charge in [-0.25, -0.2) is 0 Å². The molecular weight excluding hydrogens is 210 g/mol. The van der Waals surface area contributed by atoms with Crippen molar-refractivity contribution in [1.82, 2.24) is 5.32 Å². The van der Waals surface area contributed by atoms with E-state index in [1.54, 1.807) is 0 Å². The van der Waals surface area contributed by atoms with Crippen molar-refractivity contribution >= 4 is 0 Å². The minimum Gasteiger partial charge on any atom is -0.393 e. The zero-order valence-corrected chi connectivity index (χ0v) is 10.4. The maximum Gasteiger partial charge on any atom is 0.0580 e. The number of hydrogen-bond acceptors (Lipinski definition) is 2. The van der Waals surface area contributed by atoms with Gasteiger partial charge in [0.15, 0.2) is 0 Å². The second kappa shape index (κ2) is 6.77. The smallest absolute Gasteiger partial charge is 0.0580 e. The van der Waals surface area contributed by atoms with E-state index in [9.17, 15) is 5.11 Å². The van der Waals surface area contributed by atoms with Crippen LogP contribution >= 0.6 is 0 Å². The van der Waals surface area contributed by atoms with E-state index in [-0.39, 0.29) is 6.10 Å². The zero-order valence-electron chi connectivity index (χ0n) is 10.4. The highest BCUT2D eigenvalue weighted by molar-refractivity contribution is 5.14. The van der Waals surface area contributed by atoms with E-state index in [0.717, 1.165) is 25.9 Å². The standard InChI is InChI=1S/C15H23NO/c17-15-10-4-9-14(15)12-16-11-5-8-13-6-2-1-3-7-13/h1-3,6-7,14-17H,4-5,8-12H2. The third-order valence-electron chi connectivity index (χ3n) is 3.69. The molecule has 0 aliphatic heterocycles. The molecule has 0 spiro atoms. The minimum absolute atomic E-state index is 0.0587. The average Bonchev–Trinajstić information content (AvgIpc) is 2.76. The maximum atomic E-state index is 9.68. The Balaban J connectivity index is 1.55. The van der Waals surface area contributed by atoms with Crippen LogP contribution in [0.15, 0.2) is 30.3 Å². The van der Waals surface area contributed by atoms with Crippen LogP contribution in [-0.2, 0) is 6.42 Å². The monoisotopic (exact) mass is 233 g/mol. The Kier molecular flexibility index (Phi) is 5.02. The predicted molar refractivity (Wildman–Crippen MR) is 71.0 cm³/mol. The van der Waals surface area contributed by atoms with Gasteiger partial charge >= 0.3 is 0 Å². The second-order valence-corrected chi connectivity index (χ2v) is 5.05. The number of hydrogen-bond donors (Lipinski definition) is 2. The van der Waals surface area contributed by atoms with Crippen LogP contribution in [0.1, 0.15) is 31.2 Å². The molecule has 0 aromatic heterocycles. The zero-order chi connectivity index (χ0) is 11.9. The summed E-state index contributed by atoms with van der Waals surface area (Å²) in [6.45, 7) is 2.04. The Morgan fingerprint density at radius 2 is 2.00 bits per heavy atom. The molecule has 0 radical (unpaired) electrons. The lowest BCUT2D eigenvalue weighted by atomic mass is 10.1. The van der Waals surface area contributed by atoms with E-state index in [2.05, 4.69) is 35.6 Å². The van der Waals surface area contributed by atoms with Crippen molar-refractivity contribution in [2.24, 2.45) is 5.92 Å². The van der Waals surface area contributed by atoms with E-state index in [0.29, 0.717) is 5.92 Å². The molecule has 1 aromatic rings. The highest BCUT2D eigenvalue weighted by Gasteiger charge is 2.24. The van der Waals surface area contributed by atoms with Crippen molar-refractivity contribution in [3.8, 4) is 0 Å². The van der Waals surface area contributed by atoms with Crippen LogP contribution in [0, 0.1) is 5.92 Å². The van der Waals surface area contributed by atoms with Crippen LogP contribution in [0.3, 0.4) is 0 Å². The molecular formula is C15H23NO. The topological polar surface area (TPSA) is 32.3 Å². The first-order valence-electron chi connectivity index (χ1n) is 6.79. The lowest BCUT2D eigenvalue weighted by Gasteiger charge is -2.14. The lowest BCUT2D eigenvalue weighted by Crippen LogP contribution is -2.28. The van der Waals surface area contributed by atoms with Crippen LogP contribution in [0.25, 0.3) is 0 Å². The molecule has 1 fully saturated rings. The summed E-state index contributed by atoms with van der Waals surface area (Å²) < 4.78 is 0. The van der Waals surface area contributed by atoms with Gasteiger partial charge in [0.2, 0.25) is 0 Å². The highest BCUT2D eigenvalue weighted by Crippen LogP contribution is 2.24. The number of aliphatic hydroxyl groups excluding tert-OH is 1. The average molecular weight is 233 g/mol. The van der Waals surface area contributed by atoms with Crippen molar-refractivity contribution in [3.05, 3.63) is 35.9 Å². The third-order valence-corrected chi connectivity index (χ3v) is 3.69. The van der Waals surface area contributed by atoms with Gasteiger partial charge in [0.1, 0.15) is 0 Å². The van der Waals surface area contributed by atoms with Gasteiger partial charge in [-0.1, -0.05) is 36.8 Å². The van der Waals surface area contributed by atoms with E-state index in [1.165, 1.54) is 24.8 Å². The summed E-state index contributed by atoms with van der Waals surface area (Å²) in [4.78, 5) is 0. The van der Waals surface area contributed by atoms with Gasteiger partial charge in [-0.2, -0.15) is 0 Å². The molecule has 1 aromatic carbocycles. The van der Waals surface area contributed by atoms with Gasteiger partial charge in [-0.15, -0.1) is 0 Å². The molecule has 0 saturated heterocycles. The molecule has 17 heavy (non-hydrogen) atoms. The summed E-state index contributed by atoms with van der Waals surface area (Å²) in [6.07, 6.45) is 5.63. The molecule has 0 heterocycles. The fraction of sp³-hybridized carbons (Fsp3) is 0.600. The molecule has 0 amide bonds. The first kappa shape index (κ1) is 12.6. The normalized spacial score (nSPS) is 24.1. The number of rotatable bonds is 6. The summed E-state index contributed by atoms with van der Waals surface area (Å²) in [7, 11) is 0. The SMILES string of the molecule is OC1CCCC1CNCCCc1ccccc1. The fourth-order valence-corrected chi connectivity index (χ4v) is 2.61. The van der Waals surface area contributed by atoms with Crippen LogP contribution in [0.5, 0.6) is 0 Å². The fourth-order valence-electron chi connectivity index (χ4n) is 2.61. The Labute approximate surface area is 104 Å². The van der Waals surface area contributed by atoms with Crippen molar-refractivity contribution in [1.29, 1.82) is 0 Å². The summed E-state index contributed by atoms with van der Waals surface area (Å²) in [6, 6.07) is 10.6. The van der Waals surface area contributed by atoms with Gasteiger partial charge in [0, 0.05) is 6.54 Å². The van der Waals surface area contributed by atoms with Gasteiger partial charge in [-0.05, 0) is 43.7 Å². The lowest BCUT2D eigenvalue weighted by molar-refractivity contribution is 0.132. The van der Waals surface area contributed by atoms with Crippen molar-refractivity contribution in [2.75, 3.05) is 13.1 Å². The largest absolute Gasteiger partial charge is 0.393 e. The number of aryl methyl sites for hydroxylation is 1. The Morgan fingerprint density at radius 1 is 1.18 bits per heavy atom. The van der Waals surface area contributed by atoms with Gasteiger partial charge in [0.05, 0.1) is 6.10 Å². The molecule has 1 aliphatic carbocycles. The van der Waals surface area contributed by atoms with Crippen LogP contribution in [-0.4, -0.2) is 24.3 Å². The summed E-state index contributed by atoms with van der Waals surface area (Å²) in [5.41, 5.74) is 1.41. The molecule has 0 bridgehead atoms. The molecule has 94 valence electrons. The summed E-state index contributed by atoms with van der Waals surface area (Å²) in [5.74, 6) is 0.492. The van der Waals surface area contributed by atoms with E-state index < -0.39 is 0 Å². The molecule has 2 rings (SSSR count). The van der Waals surface area contributed by atoms with Crippen LogP contribution < -0.4 is 5.32 Å². The van der Waals surface area contributed by atoms with Gasteiger partial charge in [-0.3, -0.25) is 0 Å². The number of aliphatic hydroxyl groups is 1. The Bertz CT molecular complexity index is 312. The molecule has 1 aliphatic rings. The third kappa shape index (κ3) is 4.14. The molecule has 1 saturated carbocycles. The van der Waals surface area contributed by atoms with Gasteiger partial charge < -0.3 is 10.4 Å². The van der Waals surface area contributed by atoms with Crippen molar-refractivity contribution in [3.63, 3.8) is 0 Å². The molecule has 2 atom stereocenters. The molecule has 2 N–H and O–H groups in total. The van der Waals surface area contributed by atoms with E-state index in [1.807, 2.05) is 0 Å². The van der Waals surface area contributed by atoms with E-state index in [4.69, 9.17) is 0 Å². The summed E-state index contributed by atoms with van der Waals surface area (Å²) >= 11 is 0. The number of benzene rings is 1. The first-order valence-corrected chi connectivity index (χ1v) is 6.79. The number of nitrogens with one attached hydrogen (secondary N) is 1. The van der Waals surface area contributed by atoms with Gasteiger partial charge in [0.25, 0.3) is 0 Å². The second-order valence-electron chi connectivity index (χ2n) is 5.05. The first-order chi connectivity index (χ1) is 8.36. The Morgan fingerprint density at radius 3 is 2.71 bits per heavy atom. The minimum atomic E-state index is -0.0587. The predicted octanol–water partition coefficient (Wildman–Crippen LogP) is 2.37.